The number of likely N-dealkylation sites (N-methyl/N-ethyl adjacent to an activating group) is 1. The van der Waals surface area contributed by atoms with Crippen LogP contribution < -0.4 is 5.32 Å². The average Bonchev–Trinajstić information content (AvgIpc) is 2.48. The van der Waals surface area contributed by atoms with Gasteiger partial charge in [-0.05, 0) is 39.3 Å². The molecule has 5 heteroatoms. The largest absolute Gasteiger partial charge is 0.380 e. The highest BCUT2D eigenvalue weighted by Gasteiger charge is 2.15. The third-order valence-corrected chi connectivity index (χ3v) is 3.14. The molecule has 0 radical (unpaired) electrons. The lowest BCUT2D eigenvalue weighted by Crippen LogP contribution is -2.34. The minimum absolute atomic E-state index is 0.0299. The zero-order valence-corrected chi connectivity index (χ0v) is 13.6. The van der Waals surface area contributed by atoms with Gasteiger partial charge in [0.1, 0.15) is 5.82 Å². The molecule has 5 nitrogen and oxygen atoms in total. The number of rotatable bonds is 9. The van der Waals surface area contributed by atoms with Crippen LogP contribution in [0.4, 0.5) is 5.82 Å². The first kappa shape index (κ1) is 17.4. The molecule has 0 aliphatic rings. The van der Waals surface area contributed by atoms with Gasteiger partial charge < -0.3 is 15.0 Å². The van der Waals surface area contributed by atoms with Crippen molar-refractivity contribution >= 4 is 11.7 Å². The van der Waals surface area contributed by atoms with Gasteiger partial charge >= 0.3 is 0 Å². The number of hydrogen-bond acceptors (Lipinski definition) is 4. The van der Waals surface area contributed by atoms with Gasteiger partial charge in [-0.1, -0.05) is 6.92 Å². The molecule has 1 rings (SSSR count). The van der Waals surface area contributed by atoms with Gasteiger partial charge in [0.05, 0.1) is 6.61 Å². The van der Waals surface area contributed by atoms with Crippen molar-refractivity contribution in [3.8, 4) is 0 Å². The van der Waals surface area contributed by atoms with E-state index < -0.39 is 0 Å². The van der Waals surface area contributed by atoms with E-state index >= 15 is 0 Å². The molecule has 0 saturated carbocycles. The topological polar surface area (TPSA) is 54.5 Å². The van der Waals surface area contributed by atoms with Gasteiger partial charge in [-0.2, -0.15) is 0 Å². The van der Waals surface area contributed by atoms with Gasteiger partial charge in [-0.15, -0.1) is 0 Å². The van der Waals surface area contributed by atoms with E-state index in [2.05, 4.69) is 17.2 Å². The summed E-state index contributed by atoms with van der Waals surface area (Å²) in [5, 5.41) is 3.23. The summed E-state index contributed by atoms with van der Waals surface area (Å²) in [5.74, 6) is 0.795. The van der Waals surface area contributed by atoms with Gasteiger partial charge in [0.15, 0.2) is 0 Å². The monoisotopic (exact) mass is 293 g/mol. The summed E-state index contributed by atoms with van der Waals surface area (Å²) in [5.41, 5.74) is 1.53. The van der Waals surface area contributed by atoms with Crippen LogP contribution >= 0.6 is 0 Å². The first-order valence-corrected chi connectivity index (χ1v) is 7.71. The highest BCUT2D eigenvalue weighted by atomic mass is 16.5. The standard InChI is InChI=1S/C16H27N3O2/c1-5-8-17-15-12-14(11-13(4)18-15)16(20)19(6-2)9-10-21-7-3/h11-12H,5-10H2,1-4H3,(H,17,18). The number of anilines is 1. The predicted octanol–water partition coefficient (Wildman–Crippen LogP) is 2.71. The number of hydrogen-bond donors (Lipinski definition) is 1. The fraction of sp³-hybridized carbons (Fsp3) is 0.625. The lowest BCUT2D eigenvalue weighted by molar-refractivity contribution is 0.0669. The van der Waals surface area contributed by atoms with Crippen LogP contribution in [0.1, 0.15) is 43.2 Å². The molecule has 0 saturated heterocycles. The Labute approximate surface area is 127 Å². The maximum Gasteiger partial charge on any atom is 0.254 e. The average molecular weight is 293 g/mol. The van der Waals surface area contributed by atoms with Crippen molar-refractivity contribution in [1.29, 1.82) is 0 Å². The number of amides is 1. The summed E-state index contributed by atoms with van der Waals surface area (Å²) in [6, 6.07) is 3.66. The summed E-state index contributed by atoms with van der Waals surface area (Å²) in [7, 11) is 0. The first-order chi connectivity index (χ1) is 10.1. The van der Waals surface area contributed by atoms with Gasteiger partial charge in [0.2, 0.25) is 0 Å². The Morgan fingerprint density at radius 1 is 1.33 bits per heavy atom. The second kappa shape index (κ2) is 9.34. The number of nitrogens with one attached hydrogen (secondary N) is 1. The summed E-state index contributed by atoms with van der Waals surface area (Å²) in [4.78, 5) is 18.8. The molecule has 1 aromatic rings. The van der Waals surface area contributed by atoms with E-state index in [9.17, 15) is 4.79 Å². The second-order valence-corrected chi connectivity index (χ2v) is 4.89. The molecule has 0 aromatic carbocycles. The zero-order chi connectivity index (χ0) is 15.7. The summed E-state index contributed by atoms with van der Waals surface area (Å²) >= 11 is 0. The number of nitrogens with zero attached hydrogens (tertiary/aromatic N) is 2. The van der Waals surface area contributed by atoms with Crippen molar-refractivity contribution in [3.05, 3.63) is 23.4 Å². The van der Waals surface area contributed by atoms with Crippen LogP contribution in [-0.2, 0) is 4.74 Å². The van der Waals surface area contributed by atoms with E-state index in [1.807, 2.05) is 32.9 Å². The molecule has 0 atom stereocenters. The Bertz CT molecular complexity index is 449. The van der Waals surface area contributed by atoms with Crippen LogP contribution in [0.3, 0.4) is 0 Å². The number of pyridine rings is 1. The molecule has 1 heterocycles. The van der Waals surface area contributed by atoms with Crippen molar-refractivity contribution in [2.45, 2.75) is 34.1 Å². The smallest absolute Gasteiger partial charge is 0.254 e. The van der Waals surface area contributed by atoms with E-state index in [0.29, 0.717) is 31.9 Å². The molecule has 21 heavy (non-hydrogen) atoms. The molecular weight excluding hydrogens is 266 g/mol. The number of carbonyl (C=O) groups excluding carboxylic acids is 1. The Morgan fingerprint density at radius 2 is 2.10 bits per heavy atom. The van der Waals surface area contributed by atoms with Crippen LogP contribution in [0.5, 0.6) is 0 Å². The molecule has 118 valence electrons. The van der Waals surface area contributed by atoms with Gasteiger partial charge in [-0.3, -0.25) is 4.79 Å². The molecule has 0 bridgehead atoms. The van der Waals surface area contributed by atoms with Crippen molar-refractivity contribution in [2.75, 3.05) is 38.2 Å². The van der Waals surface area contributed by atoms with Crippen molar-refractivity contribution in [1.82, 2.24) is 9.88 Å². The van der Waals surface area contributed by atoms with Gasteiger partial charge in [0.25, 0.3) is 5.91 Å². The number of aromatic nitrogens is 1. The highest BCUT2D eigenvalue weighted by molar-refractivity contribution is 5.95. The predicted molar refractivity (Wildman–Crippen MR) is 85.8 cm³/mol. The highest BCUT2D eigenvalue weighted by Crippen LogP contribution is 2.13. The number of ether oxygens (including phenoxy) is 1. The summed E-state index contributed by atoms with van der Waals surface area (Å²) in [6.07, 6.45) is 1.02. The van der Waals surface area contributed by atoms with Crippen molar-refractivity contribution in [2.24, 2.45) is 0 Å². The Kier molecular flexibility index (Phi) is 7.75. The minimum Gasteiger partial charge on any atom is -0.380 e. The normalized spacial score (nSPS) is 10.5. The zero-order valence-electron chi connectivity index (χ0n) is 13.6. The number of aryl methyl sites for hydroxylation is 1. The molecule has 1 aromatic heterocycles. The van der Waals surface area contributed by atoms with E-state index in [-0.39, 0.29) is 5.91 Å². The molecular formula is C16H27N3O2. The third kappa shape index (κ3) is 5.71. The third-order valence-electron chi connectivity index (χ3n) is 3.14. The Balaban J connectivity index is 2.81. The molecule has 0 aliphatic heterocycles. The van der Waals surface area contributed by atoms with E-state index in [0.717, 1.165) is 24.5 Å². The summed E-state index contributed by atoms with van der Waals surface area (Å²) in [6.45, 7) is 11.3. The molecule has 1 N–H and O–H groups in total. The van der Waals surface area contributed by atoms with Crippen molar-refractivity contribution < 1.29 is 9.53 Å². The van der Waals surface area contributed by atoms with Crippen LogP contribution in [0.15, 0.2) is 12.1 Å². The summed E-state index contributed by atoms with van der Waals surface area (Å²) < 4.78 is 5.33. The van der Waals surface area contributed by atoms with Crippen LogP contribution in [0, 0.1) is 6.92 Å². The maximum atomic E-state index is 12.6. The molecule has 0 unspecified atom stereocenters. The first-order valence-electron chi connectivity index (χ1n) is 7.71. The lowest BCUT2D eigenvalue weighted by atomic mass is 10.2. The fourth-order valence-electron chi connectivity index (χ4n) is 2.04. The molecule has 0 aliphatic carbocycles. The van der Waals surface area contributed by atoms with Crippen LogP contribution in [0.25, 0.3) is 0 Å². The maximum absolute atomic E-state index is 12.6. The van der Waals surface area contributed by atoms with Gasteiger partial charge in [-0.25, -0.2) is 4.98 Å². The Hall–Kier alpha value is -1.62. The van der Waals surface area contributed by atoms with Gasteiger partial charge in [0, 0.05) is 37.5 Å². The molecule has 0 spiro atoms. The van der Waals surface area contributed by atoms with E-state index in [1.165, 1.54) is 0 Å². The number of carbonyl (C=O) groups is 1. The SMILES string of the molecule is CCCNc1cc(C(=O)N(CC)CCOCC)cc(C)n1. The van der Waals surface area contributed by atoms with Crippen molar-refractivity contribution in [3.63, 3.8) is 0 Å². The molecule has 1 amide bonds. The minimum atomic E-state index is 0.0299. The van der Waals surface area contributed by atoms with Crippen LogP contribution in [0.2, 0.25) is 0 Å². The molecule has 0 fully saturated rings. The van der Waals surface area contributed by atoms with E-state index in [4.69, 9.17) is 4.74 Å². The lowest BCUT2D eigenvalue weighted by Gasteiger charge is -2.21. The van der Waals surface area contributed by atoms with Crippen LogP contribution in [-0.4, -0.2) is 48.6 Å². The quantitative estimate of drug-likeness (QED) is 0.711. The second-order valence-electron chi connectivity index (χ2n) is 4.89. The Morgan fingerprint density at radius 3 is 2.71 bits per heavy atom. The fourth-order valence-corrected chi connectivity index (χ4v) is 2.04. The van der Waals surface area contributed by atoms with E-state index in [1.54, 1.807) is 4.90 Å².